The number of hydrogen-bond donors (Lipinski definition) is 1. The molecule has 0 aromatic heterocycles. The van der Waals surface area contributed by atoms with E-state index in [9.17, 15) is 17.6 Å². The molecule has 5 heteroatoms. The Balaban J connectivity index is 3.17. The molecular formula is C12H15F4N. The first-order valence-corrected chi connectivity index (χ1v) is 5.15. The molecule has 0 heterocycles. The highest BCUT2D eigenvalue weighted by atomic mass is 19.4. The first kappa shape index (κ1) is 14.0. The van der Waals surface area contributed by atoms with Crippen molar-refractivity contribution in [1.29, 1.82) is 0 Å². The van der Waals surface area contributed by atoms with Crippen LogP contribution in [0.2, 0.25) is 0 Å². The third-order valence-corrected chi connectivity index (χ3v) is 3.03. The summed E-state index contributed by atoms with van der Waals surface area (Å²) in [5.74, 6) is -0.440. The summed E-state index contributed by atoms with van der Waals surface area (Å²) >= 11 is 0. The highest BCUT2D eigenvalue weighted by Gasteiger charge is 2.47. The van der Waals surface area contributed by atoms with Gasteiger partial charge in [0.2, 0.25) is 0 Å². The zero-order valence-corrected chi connectivity index (χ0v) is 9.90. The summed E-state index contributed by atoms with van der Waals surface area (Å²) in [6.07, 6.45) is -4.48. The molecule has 1 aromatic rings. The predicted octanol–water partition coefficient (Wildman–Crippen LogP) is 3.30. The van der Waals surface area contributed by atoms with Crippen LogP contribution in [0.1, 0.15) is 25.0 Å². The molecule has 0 saturated carbocycles. The summed E-state index contributed by atoms with van der Waals surface area (Å²) in [6, 6.07) is 1.92. The van der Waals surface area contributed by atoms with Gasteiger partial charge in [-0.15, -0.1) is 0 Å². The van der Waals surface area contributed by atoms with E-state index < -0.39 is 23.5 Å². The molecule has 0 bridgehead atoms. The normalized spacial score (nSPS) is 14.8. The van der Waals surface area contributed by atoms with Crippen molar-refractivity contribution in [2.24, 2.45) is 5.73 Å². The van der Waals surface area contributed by atoms with Crippen LogP contribution in [0.15, 0.2) is 18.2 Å². The van der Waals surface area contributed by atoms with E-state index in [2.05, 4.69) is 0 Å². The first-order chi connectivity index (χ1) is 7.56. The number of aryl methyl sites for hydroxylation is 1. The quantitative estimate of drug-likeness (QED) is 0.799. The van der Waals surface area contributed by atoms with Gasteiger partial charge >= 0.3 is 6.18 Å². The van der Waals surface area contributed by atoms with E-state index in [1.54, 1.807) is 0 Å². The van der Waals surface area contributed by atoms with Crippen LogP contribution in [0.3, 0.4) is 0 Å². The number of nitrogens with two attached hydrogens (primary N) is 1. The van der Waals surface area contributed by atoms with Crippen molar-refractivity contribution in [2.45, 2.75) is 38.4 Å². The van der Waals surface area contributed by atoms with Crippen LogP contribution in [-0.2, 0) is 5.41 Å². The van der Waals surface area contributed by atoms with Crippen molar-refractivity contribution in [1.82, 2.24) is 0 Å². The Labute approximate surface area is 97.6 Å². The molecule has 0 aliphatic heterocycles. The molecule has 96 valence electrons. The molecule has 1 atom stereocenters. The maximum Gasteiger partial charge on any atom is 0.404 e. The number of hydrogen-bond acceptors (Lipinski definition) is 1. The van der Waals surface area contributed by atoms with Gasteiger partial charge in [-0.3, -0.25) is 0 Å². The molecule has 0 aliphatic carbocycles. The second-order valence-electron chi connectivity index (χ2n) is 4.70. The van der Waals surface area contributed by atoms with Gasteiger partial charge in [0.15, 0.2) is 0 Å². The molecule has 1 aromatic carbocycles. The summed E-state index contributed by atoms with van der Waals surface area (Å²) < 4.78 is 50.9. The van der Waals surface area contributed by atoms with Crippen LogP contribution in [-0.4, -0.2) is 12.2 Å². The fourth-order valence-corrected chi connectivity index (χ4v) is 1.63. The average molecular weight is 249 g/mol. The second kappa shape index (κ2) is 4.29. The smallest absolute Gasteiger partial charge is 0.319 e. The van der Waals surface area contributed by atoms with E-state index in [1.807, 2.05) is 0 Å². The largest absolute Gasteiger partial charge is 0.404 e. The van der Waals surface area contributed by atoms with Crippen molar-refractivity contribution < 1.29 is 17.6 Å². The van der Waals surface area contributed by atoms with Crippen molar-refractivity contribution in [3.63, 3.8) is 0 Å². The Bertz CT molecular complexity index is 409. The third-order valence-electron chi connectivity index (χ3n) is 3.03. The summed E-state index contributed by atoms with van der Waals surface area (Å²) in [4.78, 5) is 0. The minimum atomic E-state index is -4.48. The molecule has 2 N–H and O–H groups in total. The Kier molecular flexibility index (Phi) is 3.52. The van der Waals surface area contributed by atoms with E-state index in [4.69, 9.17) is 5.73 Å². The number of alkyl halides is 3. The van der Waals surface area contributed by atoms with Crippen LogP contribution in [0, 0.1) is 12.7 Å². The standard InChI is InChI=1S/C12H15F4N/c1-7-6-8(4-5-9(7)13)11(2,3)10(17)12(14,15)16/h4-6,10H,17H2,1-3H3. The van der Waals surface area contributed by atoms with E-state index >= 15 is 0 Å². The highest BCUT2D eigenvalue weighted by Crippen LogP contribution is 2.35. The molecule has 17 heavy (non-hydrogen) atoms. The molecule has 0 radical (unpaired) electrons. The monoisotopic (exact) mass is 249 g/mol. The van der Waals surface area contributed by atoms with Gasteiger partial charge in [-0.2, -0.15) is 13.2 Å². The molecule has 1 unspecified atom stereocenters. The van der Waals surface area contributed by atoms with Gasteiger partial charge < -0.3 is 5.73 Å². The van der Waals surface area contributed by atoms with Crippen LogP contribution in [0.4, 0.5) is 17.6 Å². The fourth-order valence-electron chi connectivity index (χ4n) is 1.63. The van der Waals surface area contributed by atoms with Crippen LogP contribution in [0.5, 0.6) is 0 Å². The van der Waals surface area contributed by atoms with Crippen molar-refractivity contribution in [3.8, 4) is 0 Å². The lowest BCUT2D eigenvalue weighted by Gasteiger charge is -2.33. The summed E-state index contributed by atoms with van der Waals surface area (Å²) in [5, 5.41) is 0. The Hall–Kier alpha value is -1.10. The average Bonchev–Trinajstić information content (AvgIpc) is 2.19. The van der Waals surface area contributed by atoms with Crippen molar-refractivity contribution in [3.05, 3.63) is 35.1 Å². The third kappa shape index (κ3) is 2.77. The van der Waals surface area contributed by atoms with E-state index in [0.717, 1.165) is 6.07 Å². The zero-order valence-electron chi connectivity index (χ0n) is 9.90. The predicted molar refractivity (Wildman–Crippen MR) is 58.2 cm³/mol. The van der Waals surface area contributed by atoms with Gasteiger partial charge in [0, 0.05) is 5.41 Å². The van der Waals surface area contributed by atoms with E-state index in [-0.39, 0.29) is 0 Å². The Morgan fingerprint density at radius 1 is 1.18 bits per heavy atom. The summed E-state index contributed by atoms with van der Waals surface area (Å²) in [6.45, 7) is 4.31. The van der Waals surface area contributed by atoms with E-state index in [1.165, 1.54) is 32.9 Å². The Morgan fingerprint density at radius 2 is 1.71 bits per heavy atom. The lowest BCUT2D eigenvalue weighted by atomic mass is 9.77. The lowest BCUT2D eigenvalue weighted by molar-refractivity contribution is -0.160. The molecule has 0 fully saturated rings. The fraction of sp³-hybridized carbons (Fsp3) is 0.500. The van der Waals surface area contributed by atoms with Gasteiger partial charge in [0.1, 0.15) is 11.9 Å². The van der Waals surface area contributed by atoms with Crippen molar-refractivity contribution >= 4 is 0 Å². The van der Waals surface area contributed by atoms with Crippen LogP contribution >= 0.6 is 0 Å². The van der Waals surface area contributed by atoms with Crippen molar-refractivity contribution in [2.75, 3.05) is 0 Å². The van der Waals surface area contributed by atoms with Gasteiger partial charge in [-0.1, -0.05) is 26.0 Å². The number of halogens is 4. The Morgan fingerprint density at radius 3 is 2.12 bits per heavy atom. The van der Waals surface area contributed by atoms with Gasteiger partial charge in [0.25, 0.3) is 0 Å². The molecule has 0 spiro atoms. The summed E-state index contributed by atoms with van der Waals surface area (Å²) in [7, 11) is 0. The SMILES string of the molecule is Cc1cc(C(C)(C)C(N)C(F)(F)F)ccc1F. The summed E-state index contributed by atoms with van der Waals surface area (Å²) in [5.41, 5.74) is 4.62. The van der Waals surface area contributed by atoms with Gasteiger partial charge in [-0.05, 0) is 24.1 Å². The maximum absolute atomic E-state index is 13.1. The second-order valence-corrected chi connectivity index (χ2v) is 4.70. The lowest BCUT2D eigenvalue weighted by Crippen LogP contribution is -2.51. The maximum atomic E-state index is 13.1. The zero-order chi connectivity index (χ0) is 13.4. The first-order valence-electron chi connectivity index (χ1n) is 5.15. The molecular weight excluding hydrogens is 234 g/mol. The minimum Gasteiger partial charge on any atom is -0.319 e. The molecule has 1 rings (SSSR count). The molecule has 0 aliphatic rings. The van der Waals surface area contributed by atoms with E-state index in [0.29, 0.717) is 11.1 Å². The van der Waals surface area contributed by atoms with Crippen LogP contribution < -0.4 is 5.73 Å². The molecule has 0 amide bonds. The highest BCUT2D eigenvalue weighted by molar-refractivity contribution is 5.31. The molecule has 1 nitrogen and oxygen atoms in total. The van der Waals surface area contributed by atoms with Gasteiger partial charge in [-0.25, -0.2) is 4.39 Å². The van der Waals surface area contributed by atoms with Crippen LogP contribution in [0.25, 0.3) is 0 Å². The molecule has 0 saturated heterocycles. The van der Waals surface area contributed by atoms with Gasteiger partial charge in [0.05, 0.1) is 0 Å². The minimum absolute atomic E-state index is 0.310. The number of rotatable bonds is 2. The topological polar surface area (TPSA) is 26.0 Å². The number of benzene rings is 1.